The molecule has 0 saturated carbocycles. The number of amides is 1. The van der Waals surface area contributed by atoms with E-state index in [1.54, 1.807) is 30.3 Å². The van der Waals surface area contributed by atoms with Crippen LogP contribution in [-0.2, 0) is 23.1 Å². The van der Waals surface area contributed by atoms with Gasteiger partial charge in [0.05, 0.1) is 17.0 Å². The normalized spacial score (nSPS) is 14.7. The molecule has 0 bridgehead atoms. The molecule has 280 valence electrons. The predicted molar refractivity (Wildman–Crippen MR) is 199 cm³/mol. The fourth-order valence-corrected chi connectivity index (χ4v) is 8.41. The van der Waals surface area contributed by atoms with Gasteiger partial charge in [-0.25, -0.2) is 13.2 Å². The van der Waals surface area contributed by atoms with Gasteiger partial charge in [-0.2, -0.15) is 4.31 Å². The maximum Gasteiger partial charge on any atom is 0.404 e. The Morgan fingerprint density at radius 3 is 2.24 bits per heavy atom. The summed E-state index contributed by atoms with van der Waals surface area (Å²) in [7, 11) is -6.53. The number of nitrogens with zero attached hydrogens (tertiary/aromatic N) is 1. The van der Waals surface area contributed by atoms with Crippen molar-refractivity contribution < 1.29 is 42.4 Å². The van der Waals surface area contributed by atoms with Gasteiger partial charge in [-0.3, -0.25) is 0 Å². The molecule has 3 aromatic carbocycles. The lowest BCUT2D eigenvalue weighted by molar-refractivity contribution is 0.0903. The van der Waals surface area contributed by atoms with Crippen molar-refractivity contribution in [3.05, 3.63) is 83.9 Å². The first-order valence-corrected chi connectivity index (χ1v) is 21.8. The van der Waals surface area contributed by atoms with Crippen molar-refractivity contribution in [3.63, 3.8) is 0 Å². The summed E-state index contributed by atoms with van der Waals surface area (Å²) in [6.07, 6.45) is 0.681. The van der Waals surface area contributed by atoms with Crippen molar-refractivity contribution in [2.75, 3.05) is 19.9 Å². The van der Waals surface area contributed by atoms with Gasteiger partial charge in [-0.1, -0.05) is 83.0 Å². The Labute approximate surface area is 303 Å². The molecular weight excluding hydrogens is 689 g/mol. The molecule has 51 heavy (non-hydrogen) atoms. The number of fused-ring (bicyclic) bond motifs is 1. The van der Waals surface area contributed by atoms with Crippen molar-refractivity contribution in [1.82, 2.24) is 9.62 Å². The fourth-order valence-electron chi connectivity index (χ4n) is 5.96. The summed E-state index contributed by atoms with van der Waals surface area (Å²) in [5.74, 6) is 1.40. The molecule has 4 N–H and O–H groups in total. The average molecular weight is 743 g/mol. The number of carboxylic acid groups (broad SMARTS) is 1. The number of hydrogen-bond donors (Lipinski definition) is 4. The number of carbonyl (C=O) groups is 1. The second-order valence-corrected chi connectivity index (χ2v) is 21.8. The number of nitrogens with one attached hydrogen (secondary N) is 1. The average Bonchev–Trinajstić information content (AvgIpc) is 3.54. The van der Waals surface area contributed by atoms with Crippen molar-refractivity contribution >= 4 is 24.4 Å². The smallest absolute Gasteiger partial charge is 0.404 e. The first-order valence-electron chi connectivity index (χ1n) is 17.4. The molecule has 0 fully saturated rings. The highest BCUT2D eigenvalue weighted by atomic mass is 32.2. The highest BCUT2D eigenvalue weighted by Gasteiger charge is 2.38. The van der Waals surface area contributed by atoms with E-state index in [0.717, 1.165) is 30.4 Å². The molecule has 1 aliphatic rings. The highest BCUT2D eigenvalue weighted by Crippen LogP contribution is 2.41. The molecule has 1 amide bonds. The van der Waals surface area contributed by atoms with Crippen molar-refractivity contribution in [2.45, 2.75) is 102 Å². The molecule has 0 unspecified atom stereocenters. The van der Waals surface area contributed by atoms with Crippen LogP contribution in [0.2, 0.25) is 18.1 Å². The zero-order valence-electron chi connectivity index (χ0n) is 30.6. The summed E-state index contributed by atoms with van der Waals surface area (Å²) in [6, 6.07) is 20.3. The maximum absolute atomic E-state index is 14.3. The molecule has 4 rings (SSSR count). The van der Waals surface area contributed by atoms with E-state index in [2.05, 4.69) is 19.2 Å². The van der Waals surface area contributed by atoms with Gasteiger partial charge in [0, 0.05) is 19.2 Å². The van der Waals surface area contributed by atoms with Crippen molar-refractivity contribution in [2.24, 2.45) is 5.41 Å². The SMILES string of the molecule is CC(C)(CCCCC(C)(C)[Si](C)(C)O)CN(C[C@@H](O)[C@H](Cc1ccc(OCc2ccccc2)cc1)NC(=O)O)S(=O)(=O)c1ccc2c(c1)OCO2. The molecule has 3 aromatic rings. The molecule has 1 heterocycles. The molecule has 0 radical (unpaired) electrons. The zero-order valence-corrected chi connectivity index (χ0v) is 32.4. The lowest BCUT2D eigenvalue weighted by atomic mass is 9.86. The fraction of sp³-hybridized carbons (Fsp3) is 0.500. The van der Waals surface area contributed by atoms with Crippen LogP contribution < -0.4 is 19.5 Å². The van der Waals surface area contributed by atoms with E-state index in [0.29, 0.717) is 30.3 Å². The van der Waals surface area contributed by atoms with Crippen LogP contribution in [0.4, 0.5) is 4.79 Å². The van der Waals surface area contributed by atoms with Gasteiger partial charge in [0.15, 0.2) is 19.8 Å². The lowest BCUT2D eigenvalue weighted by Crippen LogP contribution is -2.51. The van der Waals surface area contributed by atoms with Crippen LogP contribution in [0.5, 0.6) is 17.2 Å². The van der Waals surface area contributed by atoms with E-state index in [-0.39, 0.29) is 36.2 Å². The number of rotatable bonds is 19. The quantitative estimate of drug-likeness (QED) is 0.0768. The van der Waals surface area contributed by atoms with Crippen molar-refractivity contribution in [3.8, 4) is 17.2 Å². The highest BCUT2D eigenvalue weighted by molar-refractivity contribution is 7.89. The van der Waals surface area contributed by atoms with Crippen molar-refractivity contribution in [1.29, 1.82) is 0 Å². The molecule has 13 heteroatoms. The molecular formula is C38H54N2O9SSi. The van der Waals surface area contributed by atoms with Crippen LogP contribution in [0.1, 0.15) is 64.5 Å². The largest absolute Gasteiger partial charge is 0.489 e. The van der Waals surface area contributed by atoms with E-state index in [1.165, 1.54) is 16.4 Å². The number of benzene rings is 3. The Balaban J connectivity index is 1.51. The summed E-state index contributed by atoms with van der Waals surface area (Å²) in [5.41, 5.74) is 1.27. The molecule has 0 aliphatic carbocycles. The molecule has 11 nitrogen and oxygen atoms in total. The Hall–Kier alpha value is -3.62. The van der Waals surface area contributed by atoms with Crippen LogP contribution in [-0.4, -0.2) is 74.2 Å². The summed E-state index contributed by atoms with van der Waals surface area (Å²) >= 11 is 0. The third kappa shape index (κ3) is 11.4. The van der Waals surface area contributed by atoms with Crippen LogP contribution in [0.25, 0.3) is 0 Å². The second kappa shape index (κ2) is 16.8. The number of aliphatic hydroxyl groups is 1. The van der Waals surface area contributed by atoms with Crippen LogP contribution in [0.3, 0.4) is 0 Å². The Morgan fingerprint density at radius 1 is 0.941 bits per heavy atom. The standard InChI is InChI=1S/C38H54N2O9SSi/c1-37(2,20-10-11-21-38(3,4)51(5,6)46)26-40(50(44,45)31-18-19-34-35(23-31)49-27-48-34)24-33(41)32(39-36(42)43)22-28-14-16-30(17-15-28)47-25-29-12-8-7-9-13-29/h7-9,12-19,23,32-33,39,41,46H,10-11,20-22,24-27H2,1-6H3,(H,42,43)/t32-,33+/m0/s1. The number of hydrogen-bond acceptors (Lipinski definition) is 8. The Morgan fingerprint density at radius 2 is 1.59 bits per heavy atom. The van der Waals surface area contributed by atoms with E-state index in [1.807, 2.05) is 57.3 Å². The molecule has 0 aromatic heterocycles. The van der Waals surface area contributed by atoms with Gasteiger partial charge in [0.25, 0.3) is 0 Å². The van der Waals surface area contributed by atoms with E-state index in [9.17, 15) is 28.2 Å². The van der Waals surface area contributed by atoms with Gasteiger partial charge in [-0.05, 0) is 78.2 Å². The molecule has 1 aliphatic heterocycles. The van der Waals surface area contributed by atoms with Gasteiger partial charge in [-0.15, -0.1) is 0 Å². The summed E-state index contributed by atoms with van der Waals surface area (Å²) in [4.78, 5) is 22.6. The molecule has 2 atom stereocenters. The van der Waals surface area contributed by atoms with Gasteiger partial charge in [0.1, 0.15) is 12.4 Å². The van der Waals surface area contributed by atoms with Gasteiger partial charge >= 0.3 is 6.09 Å². The zero-order chi connectivity index (χ0) is 37.5. The molecule has 0 saturated heterocycles. The van der Waals surface area contributed by atoms with Crippen LogP contribution in [0, 0.1) is 5.41 Å². The minimum atomic E-state index is -4.18. The minimum Gasteiger partial charge on any atom is -0.489 e. The third-order valence-electron chi connectivity index (χ3n) is 9.94. The topological polar surface area (TPSA) is 155 Å². The monoisotopic (exact) mass is 742 g/mol. The van der Waals surface area contributed by atoms with Gasteiger partial charge < -0.3 is 34.5 Å². The van der Waals surface area contributed by atoms with Gasteiger partial charge in [0.2, 0.25) is 16.8 Å². The minimum absolute atomic E-state index is 0.0102. The number of ether oxygens (including phenoxy) is 3. The molecule has 0 spiro atoms. The lowest BCUT2D eigenvalue weighted by Gasteiger charge is -2.36. The third-order valence-corrected chi connectivity index (χ3v) is 15.3. The summed E-state index contributed by atoms with van der Waals surface area (Å²) in [6.45, 7) is 12.2. The Bertz CT molecular complexity index is 1690. The van der Waals surface area contributed by atoms with E-state index >= 15 is 0 Å². The first-order chi connectivity index (χ1) is 23.9. The first kappa shape index (κ1) is 40.2. The van der Waals surface area contributed by atoms with E-state index in [4.69, 9.17) is 14.2 Å². The summed E-state index contributed by atoms with van der Waals surface area (Å²) < 4.78 is 46.5. The Kier molecular flexibility index (Phi) is 13.2. The van der Waals surface area contributed by atoms with Crippen LogP contribution >= 0.6 is 0 Å². The van der Waals surface area contributed by atoms with Crippen LogP contribution in [0.15, 0.2) is 77.7 Å². The number of unbranched alkanes of at least 4 members (excludes halogenated alkanes) is 1. The maximum atomic E-state index is 14.3. The number of sulfonamides is 1. The second-order valence-electron chi connectivity index (χ2n) is 15.4. The predicted octanol–water partition coefficient (Wildman–Crippen LogP) is 6.79. The number of aliphatic hydroxyl groups excluding tert-OH is 1. The summed E-state index contributed by atoms with van der Waals surface area (Å²) in [5, 5.41) is 23.5. The van der Waals surface area contributed by atoms with E-state index < -0.39 is 42.0 Å².